The molecule has 8 heteroatoms. The van der Waals surface area contributed by atoms with Crippen molar-refractivity contribution in [2.24, 2.45) is 5.92 Å². The zero-order chi connectivity index (χ0) is 19.6. The molecule has 0 radical (unpaired) electrons. The minimum atomic E-state index is -0.431. The summed E-state index contributed by atoms with van der Waals surface area (Å²) in [7, 11) is 1.34. The lowest BCUT2D eigenvalue weighted by Gasteiger charge is -2.18. The first kappa shape index (κ1) is 20.0. The quantitative estimate of drug-likeness (QED) is 0.682. The van der Waals surface area contributed by atoms with E-state index in [1.807, 2.05) is 0 Å². The molecule has 2 aromatic rings. The molecule has 0 aliphatic heterocycles. The number of amides is 1. The van der Waals surface area contributed by atoms with Crippen LogP contribution >= 0.6 is 34.5 Å². The minimum absolute atomic E-state index is 0.235. The topological polar surface area (TPSA) is 64.6 Å². The number of rotatable bonds is 5. The molecule has 1 aromatic carbocycles. The van der Waals surface area contributed by atoms with Crippen LogP contribution in [0.2, 0.25) is 10.0 Å². The average Bonchev–Trinajstić information content (AvgIpc) is 2.97. The van der Waals surface area contributed by atoms with Crippen LogP contribution in [0.5, 0.6) is 5.75 Å². The predicted octanol–water partition coefficient (Wildman–Crippen LogP) is 4.98. The summed E-state index contributed by atoms with van der Waals surface area (Å²) in [5.74, 6) is 0.112. The Morgan fingerprint density at radius 3 is 2.81 bits per heavy atom. The molecule has 3 rings (SSSR count). The number of anilines is 1. The van der Waals surface area contributed by atoms with E-state index in [1.54, 1.807) is 18.2 Å². The van der Waals surface area contributed by atoms with Crippen molar-refractivity contribution in [2.45, 2.75) is 26.2 Å². The lowest BCUT2D eigenvalue weighted by atomic mass is 9.88. The van der Waals surface area contributed by atoms with Crippen LogP contribution in [0.25, 0.3) is 0 Å². The van der Waals surface area contributed by atoms with Gasteiger partial charge in [-0.2, -0.15) is 0 Å². The van der Waals surface area contributed by atoms with Crippen molar-refractivity contribution in [3.8, 4) is 5.75 Å². The Bertz CT molecular complexity index is 881. The van der Waals surface area contributed by atoms with Crippen molar-refractivity contribution in [2.75, 3.05) is 19.0 Å². The Morgan fingerprint density at radius 1 is 1.33 bits per heavy atom. The summed E-state index contributed by atoms with van der Waals surface area (Å²) in [5.41, 5.74) is 1.45. The zero-order valence-corrected chi connectivity index (χ0v) is 17.3. The molecule has 1 amide bonds. The van der Waals surface area contributed by atoms with Gasteiger partial charge in [-0.05, 0) is 48.9 Å². The first-order valence-corrected chi connectivity index (χ1v) is 10.1. The second kappa shape index (κ2) is 8.50. The summed E-state index contributed by atoms with van der Waals surface area (Å²) >= 11 is 13.3. The highest BCUT2D eigenvalue weighted by molar-refractivity contribution is 7.17. The van der Waals surface area contributed by atoms with Gasteiger partial charge in [-0.15, -0.1) is 11.3 Å². The second-order valence-electron chi connectivity index (χ2n) is 6.46. The van der Waals surface area contributed by atoms with Crippen LogP contribution in [0, 0.1) is 5.92 Å². The summed E-state index contributed by atoms with van der Waals surface area (Å²) in [6.45, 7) is 1.95. The van der Waals surface area contributed by atoms with E-state index in [1.165, 1.54) is 18.4 Å². The smallest absolute Gasteiger partial charge is 0.341 e. The maximum Gasteiger partial charge on any atom is 0.341 e. The number of esters is 1. The lowest BCUT2D eigenvalue weighted by Crippen LogP contribution is -2.21. The highest BCUT2D eigenvalue weighted by Gasteiger charge is 2.28. The van der Waals surface area contributed by atoms with Gasteiger partial charge in [0.05, 0.1) is 17.7 Å². The van der Waals surface area contributed by atoms with Gasteiger partial charge in [0.1, 0.15) is 10.8 Å². The fraction of sp³-hybridized carbons (Fsp3) is 0.368. The number of fused-ring (bicyclic) bond motifs is 1. The molecule has 1 aliphatic rings. The van der Waals surface area contributed by atoms with Crippen molar-refractivity contribution >= 4 is 51.4 Å². The number of nitrogens with one attached hydrogen (secondary N) is 1. The number of methoxy groups -OCH3 is 1. The predicted molar refractivity (Wildman–Crippen MR) is 107 cm³/mol. The van der Waals surface area contributed by atoms with Crippen LogP contribution in [0.15, 0.2) is 18.2 Å². The third-order valence-corrected chi connectivity index (χ3v) is 6.11. The van der Waals surface area contributed by atoms with E-state index < -0.39 is 5.97 Å². The first-order valence-electron chi connectivity index (χ1n) is 8.49. The Labute approximate surface area is 171 Å². The van der Waals surface area contributed by atoms with E-state index in [0.29, 0.717) is 32.3 Å². The monoisotopic (exact) mass is 427 g/mol. The molecule has 0 saturated heterocycles. The third-order valence-electron chi connectivity index (χ3n) is 4.41. The first-order chi connectivity index (χ1) is 12.9. The largest absolute Gasteiger partial charge is 0.482 e. The van der Waals surface area contributed by atoms with E-state index in [0.717, 1.165) is 29.7 Å². The summed E-state index contributed by atoms with van der Waals surface area (Å²) in [6, 6.07) is 4.77. The molecule has 1 atom stereocenters. The number of ether oxygens (including phenoxy) is 2. The fourth-order valence-corrected chi connectivity index (χ4v) is 4.93. The Balaban J connectivity index is 1.74. The molecule has 0 saturated carbocycles. The van der Waals surface area contributed by atoms with Crippen LogP contribution in [0.3, 0.4) is 0 Å². The molecule has 1 N–H and O–H groups in total. The highest BCUT2D eigenvalue weighted by atomic mass is 35.5. The van der Waals surface area contributed by atoms with Crippen molar-refractivity contribution in [3.63, 3.8) is 0 Å². The van der Waals surface area contributed by atoms with Crippen molar-refractivity contribution < 1.29 is 19.1 Å². The van der Waals surface area contributed by atoms with Crippen molar-refractivity contribution in [1.82, 2.24) is 0 Å². The summed E-state index contributed by atoms with van der Waals surface area (Å²) in [5, 5.41) is 4.10. The third kappa shape index (κ3) is 4.57. The van der Waals surface area contributed by atoms with E-state index in [-0.39, 0.29) is 12.5 Å². The van der Waals surface area contributed by atoms with Crippen LogP contribution in [-0.4, -0.2) is 25.6 Å². The Hall–Kier alpha value is -1.76. The van der Waals surface area contributed by atoms with Crippen molar-refractivity contribution in [1.29, 1.82) is 0 Å². The van der Waals surface area contributed by atoms with Gasteiger partial charge >= 0.3 is 5.97 Å². The van der Waals surface area contributed by atoms with E-state index in [4.69, 9.17) is 32.7 Å². The number of halogens is 2. The number of carbonyl (C=O) groups is 2. The van der Waals surface area contributed by atoms with E-state index in [2.05, 4.69) is 12.2 Å². The van der Waals surface area contributed by atoms with E-state index in [9.17, 15) is 9.59 Å². The van der Waals surface area contributed by atoms with Gasteiger partial charge in [0.2, 0.25) is 0 Å². The van der Waals surface area contributed by atoms with Crippen LogP contribution in [-0.2, 0) is 22.4 Å². The summed E-state index contributed by atoms with van der Waals surface area (Å²) in [6.07, 6.45) is 2.72. The van der Waals surface area contributed by atoms with Crippen LogP contribution < -0.4 is 10.1 Å². The van der Waals surface area contributed by atoms with Gasteiger partial charge in [-0.1, -0.05) is 30.1 Å². The lowest BCUT2D eigenvalue weighted by molar-refractivity contribution is -0.118. The molecule has 144 valence electrons. The van der Waals surface area contributed by atoms with Gasteiger partial charge in [-0.25, -0.2) is 4.79 Å². The van der Waals surface area contributed by atoms with Crippen LogP contribution in [0.1, 0.15) is 34.1 Å². The van der Waals surface area contributed by atoms with Gasteiger partial charge in [-0.3, -0.25) is 4.79 Å². The molecule has 1 heterocycles. The maximum atomic E-state index is 12.4. The maximum absolute atomic E-state index is 12.4. The molecule has 1 aromatic heterocycles. The number of hydrogen-bond acceptors (Lipinski definition) is 5. The minimum Gasteiger partial charge on any atom is -0.482 e. The van der Waals surface area contributed by atoms with Gasteiger partial charge < -0.3 is 14.8 Å². The van der Waals surface area contributed by atoms with Gasteiger partial charge in [0.15, 0.2) is 6.61 Å². The number of hydrogen-bond donors (Lipinski definition) is 1. The van der Waals surface area contributed by atoms with Crippen LogP contribution in [0.4, 0.5) is 5.00 Å². The summed E-state index contributed by atoms with van der Waals surface area (Å²) in [4.78, 5) is 25.7. The molecule has 27 heavy (non-hydrogen) atoms. The highest BCUT2D eigenvalue weighted by Crippen LogP contribution is 2.40. The zero-order valence-electron chi connectivity index (χ0n) is 14.9. The van der Waals surface area contributed by atoms with Crippen molar-refractivity contribution in [3.05, 3.63) is 44.2 Å². The molecule has 0 spiro atoms. The van der Waals surface area contributed by atoms with Gasteiger partial charge in [0.25, 0.3) is 5.91 Å². The molecule has 0 unspecified atom stereocenters. The second-order valence-corrected chi connectivity index (χ2v) is 8.41. The van der Waals surface area contributed by atoms with E-state index >= 15 is 0 Å². The number of thiophene rings is 1. The SMILES string of the molecule is COC(=O)c1c(NC(=O)COc2ccc(Cl)cc2Cl)sc2c1CC[C@H](C)C2. The Kier molecular flexibility index (Phi) is 6.29. The average molecular weight is 428 g/mol. The molecule has 0 bridgehead atoms. The molecule has 1 aliphatic carbocycles. The number of benzene rings is 1. The molecular weight excluding hydrogens is 409 g/mol. The Morgan fingerprint density at radius 2 is 2.11 bits per heavy atom. The normalized spacial score (nSPS) is 15.8. The van der Waals surface area contributed by atoms with Gasteiger partial charge in [0, 0.05) is 9.90 Å². The summed E-state index contributed by atoms with van der Waals surface area (Å²) < 4.78 is 10.4. The molecule has 5 nitrogen and oxygen atoms in total. The number of carbonyl (C=O) groups excluding carboxylic acids is 2. The molecule has 0 fully saturated rings. The standard InChI is InChI=1S/C19H19Cl2NO4S/c1-10-3-5-12-15(7-10)27-18(17(12)19(24)25-2)22-16(23)9-26-14-6-4-11(20)8-13(14)21/h4,6,8,10H,3,5,7,9H2,1-2H3,(H,22,23)/t10-/m0/s1. The molecular formula is C19H19Cl2NO4S. The fourth-order valence-electron chi connectivity index (χ4n) is 3.06.